The van der Waals surface area contributed by atoms with Crippen LogP contribution in [0.15, 0.2) is 42.6 Å². The summed E-state index contributed by atoms with van der Waals surface area (Å²) in [6.45, 7) is 1.40. The van der Waals surface area contributed by atoms with E-state index >= 15 is 0 Å². The number of benzene rings is 1. The summed E-state index contributed by atoms with van der Waals surface area (Å²) in [5.74, 6) is 0.111. The molecule has 4 heteroatoms. The van der Waals surface area contributed by atoms with Crippen LogP contribution in [0.3, 0.4) is 0 Å². The Bertz CT molecular complexity index is 488. The topological polar surface area (TPSA) is 45.1 Å². The standard InChI is InChI=1S/C13H13ClN2O/c14-12-7-10(4-5-13(12)17)8-15-9-11-3-1-2-6-16-11/h1-7,15,17H,8-9H2. The Hall–Kier alpha value is -1.58. The Morgan fingerprint density at radius 1 is 1.18 bits per heavy atom. The summed E-state index contributed by atoms with van der Waals surface area (Å²) in [7, 11) is 0. The van der Waals surface area contributed by atoms with Crippen molar-refractivity contribution in [1.82, 2.24) is 10.3 Å². The highest BCUT2D eigenvalue weighted by atomic mass is 35.5. The molecule has 0 saturated heterocycles. The van der Waals surface area contributed by atoms with Crippen LogP contribution in [-0.2, 0) is 13.1 Å². The predicted molar refractivity (Wildman–Crippen MR) is 67.9 cm³/mol. The van der Waals surface area contributed by atoms with Crippen molar-refractivity contribution < 1.29 is 5.11 Å². The molecule has 2 rings (SSSR count). The van der Waals surface area contributed by atoms with Crippen LogP contribution in [0.2, 0.25) is 5.02 Å². The van der Waals surface area contributed by atoms with E-state index in [0.717, 1.165) is 11.3 Å². The zero-order chi connectivity index (χ0) is 12.1. The van der Waals surface area contributed by atoms with Gasteiger partial charge in [0.05, 0.1) is 10.7 Å². The van der Waals surface area contributed by atoms with E-state index in [1.54, 1.807) is 18.3 Å². The number of rotatable bonds is 4. The summed E-state index contributed by atoms with van der Waals surface area (Å²) >= 11 is 5.82. The second kappa shape index (κ2) is 5.66. The first kappa shape index (κ1) is 11.9. The van der Waals surface area contributed by atoms with E-state index in [1.807, 2.05) is 24.3 Å². The minimum atomic E-state index is 0.111. The van der Waals surface area contributed by atoms with Gasteiger partial charge >= 0.3 is 0 Å². The largest absolute Gasteiger partial charge is 0.506 e. The Labute approximate surface area is 105 Å². The van der Waals surface area contributed by atoms with E-state index in [9.17, 15) is 5.11 Å². The second-order valence-electron chi connectivity index (χ2n) is 3.71. The molecule has 0 radical (unpaired) electrons. The van der Waals surface area contributed by atoms with Gasteiger partial charge in [0.1, 0.15) is 5.75 Å². The number of hydrogen-bond acceptors (Lipinski definition) is 3. The van der Waals surface area contributed by atoms with Gasteiger partial charge in [0, 0.05) is 19.3 Å². The zero-order valence-corrected chi connectivity index (χ0v) is 9.98. The highest BCUT2D eigenvalue weighted by molar-refractivity contribution is 6.32. The number of phenolic OH excluding ortho intramolecular Hbond substituents is 1. The number of phenols is 1. The Morgan fingerprint density at radius 3 is 2.76 bits per heavy atom. The molecule has 0 bridgehead atoms. The van der Waals surface area contributed by atoms with E-state index in [-0.39, 0.29) is 5.75 Å². The molecule has 17 heavy (non-hydrogen) atoms. The molecule has 0 unspecified atom stereocenters. The van der Waals surface area contributed by atoms with E-state index in [0.29, 0.717) is 18.1 Å². The maximum atomic E-state index is 9.28. The predicted octanol–water partition coefficient (Wildman–Crippen LogP) is 2.73. The van der Waals surface area contributed by atoms with Crippen molar-refractivity contribution in [1.29, 1.82) is 0 Å². The van der Waals surface area contributed by atoms with Crippen LogP contribution in [0, 0.1) is 0 Å². The van der Waals surface area contributed by atoms with Crippen molar-refractivity contribution in [3.05, 3.63) is 58.9 Å². The van der Waals surface area contributed by atoms with Crippen molar-refractivity contribution in [3.63, 3.8) is 0 Å². The average molecular weight is 249 g/mol. The summed E-state index contributed by atoms with van der Waals surface area (Å²) in [5.41, 5.74) is 2.03. The van der Waals surface area contributed by atoms with Gasteiger partial charge in [-0.25, -0.2) is 0 Å². The molecule has 2 aromatic rings. The lowest BCUT2D eigenvalue weighted by atomic mass is 10.2. The Kier molecular flexibility index (Phi) is 3.96. The lowest BCUT2D eigenvalue weighted by molar-refractivity contribution is 0.475. The van der Waals surface area contributed by atoms with E-state index in [2.05, 4.69) is 10.3 Å². The van der Waals surface area contributed by atoms with E-state index in [1.165, 1.54) is 0 Å². The van der Waals surface area contributed by atoms with Gasteiger partial charge < -0.3 is 10.4 Å². The van der Waals surface area contributed by atoms with Crippen LogP contribution in [0.5, 0.6) is 5.75 Å². The molecular formula is C13H13ClN2O. The molecule has 0 aliphatic heterocycles. The fourth-order valence-electron chi connectivity index (χ4n) is 1.50. The van der Waals surface area contributed by atoms with Gasteiger partial charge in [0.15, 0.2) is 0 Å². The molecule has 0 amide bonds. The second-order valence-corrected chi connectivity index (χ2v) is 4.12. The molecule has 2 N–H and O–H groups in total. The van der Waals surface area contributed by atoms with Gasteiger partial charge in [-0.1, -0.05) is 23.7 Å². The smallest absolute Gasteiger partial charge is 0.134 e. The normalized spacial score (nSPS) is 10.4. The lowest BCUT2D eigenvalue weighted by Crippen LogP contribution is -2.13. The summed E-state index contributed by atoms with van der Waals surface area (Å²) in [6.07, 6.45) is 1.77. The molecule has 88 valence electrons. The number of halogens is 1. The molecular weight excluding hydrogens is 236 g/mol. The Balaban J connectivity index is 1.88. The third-order valence-corrected chi connectivity index (χ3v) is 2.68. The van der Waals surface area contributed by atoms with Crippen molar-refractivity contribution in [2.24, 2.45) is 0 Å². The average Bonchev–Trinajstić information content (AvgIpc) is 2.35. The lowest BCUT2D eigenvalue weighted by Gasteiger charge is -2.05. The van der Waals surface area contributed by atoms with Crippen molar-refractivity contribution in [2.45, 2.75) is 13.1 Å². The monoisotopic (exact) mass is 248 g/mol. The van der Waals surface area contributed by atoms with E-state index < -0.39 is 0 Å². The minimum Gasteiger partial charge on any atom is -0.506 e. The van der Waals surface area contributed by atoms with Crippen LogP contribution >= 0.6 is 11.6 Å². The summed E-state index contributed by atoms with van der Waals surface area (Å²) in [5, 5.41) is 12.9. The maximum Gasteiger partial charge on any atom is 0.134 e. The molecule has 0 saturated carbocycles. The van der Waals surface area contributed by atoms with Crippen LogP contribution in [0.4, 0.5) is 0 Å². The summed E-state index contributed by atoms with van der Waals surface area (Å²) < 4.78 is 0. The van der Waals surface area contributed by atoms with E-state index in [4.69, 9.17) is 11.6 Å². The number of nitrogens with zero attached hydrogens (tertiary/aromatic N) is 1. The Morgan fingerprint density at radius 2 is 2.06 bits per heavy atom. The molecule has 0 fully saturated rings. The van der Waals surface area contributed by atoms with Crippen LogP contribution in [-0.4, -0.2) is 10.1 Å². The molecule has 1 aromatic carbocycles. The fourth-order valence-corrected chi connectivity index (χ4v) is 1.70. The van der Waals surface area contributed by atoms with Gasteiger partial charge in [-0.2, -0.15) is 0 Å². The molecule has 0 atom stereocenters. The van der Waals surface area contributed by atoms with Gasteiger partial charge in [-0.3, -0.25) is 4.98 Å². The number of pyridine rings is 1. The summed E-state index contributed by atoms with van der Waals surface area (Å²) in [6, 6.07) is 11.0. The SMILES string of the molecule is Oc1ccc(CNCc2ccccn2)cc1Cl. The fraction of sp³-hybridized carbons (Fsp3) is 0.154. The maximum absolute atomic E-state index is 9.28. The first-order chi connectivity index (χ1) is 8.25. The number of hydrogen-bond donors (Lipinski definition) is 2. The van der Waals surface area contributed by atoms with Gasteiger partial charge in [-0.15, -0.1) is 0 Å². The third-order valence-electron chi connectivity index (χ3n) is 2.37. The highest BCUT2D eigenvalue weighted by Gasteiger charge is 2.00. The summed E-state index contributed by atoms with van der Waals surface area (Å²) in [4.78, 5) is 4.21. The van der Waals surface area contributed by atoms with Crippen LogP contribution < -0.4 is 5.32 Å². The van der Waals surface area contributed by atoms with Crippen LogP contribution in [0.1, 0.15) is 11.3 Å². The van der Waals surface area contributed by atoms with Crippen molar-refractivity contribution >= 4 is 11.6 Å². The molecule has 1 aromatic heterocycles. The quantitative estimate of drug-likeness (QED) is 0.875. The highest BCUT2D eigenvalue weighted by Crippen LogP contribution is 2.23. The van der Waals surface area contributed by atoms with Crippen molar-refractivity contribution in [2.75, 3.05) is 0 Å². The molecule has 0 aliphatic carbocycles. The third kappa shape index (κ3) is 3.44. The molecule has 0 aliphatic rings. The first-order valence-electron chi connectivity index (χ1n) is 5.34. The zero-order valence-electron chi connectivity index (χ0n) is 9.23. The van der Waals surface area contributed by atoms with Crippen molar-refractivity contribution in [3.8, 4) is 5.75 Å². The molecule has 0 spiro atoms. The molecule has 3 nitrogen and oxygen atoms in total. The number of nitrogens with one attached hydrogen (secondary N) is 1. The van der Waals surface area contributed by atoms with Gasteiger partial charge in [-0.05, 0) is 29.8 Å². The first-order valence-corrected chi connectivity index (χ1v) is 5.71. The molecule has 1 heterocycles. The minimum absolute atomic E-state index is 0.111. The van der Waals surface area contributed by atoms with Crippen LogP contribution in [0.25, 0.3) is 0 Å². The number of aromatic hydroxyl groups is 1. The van der Waals surface area contributed by atoms with Gasteiger partial charge in [0.25, 0.3) is 0 Å². The van der Waals surface area contributed by atoms with Gasteiger partial charge in [0.2, 0.25) is 0 Å². The number of aromatic nitrogens is 1.